The normalized spacial score (nSPS) is 26.6. The topological polar surface area (TPSA) is 49.8 Å². The van der Waals surface area contributed by atoms with Gasteiger partial charge in [0.1, 0.15) is 0 Å². The molecule has 14 heavy (non-hydrogen) atoms. The van der Waals surface area contributed by atoms with Crippen LogP contribution >= 0.6 is 0 Å². The SMILES string of the molecule is COC(CN1CC2(CCC2)C1)C(=O)O. The van der Waals surface area contributed by atoms with Crippen LogP contribution < -0.4 is 0 Å². The maximum atomic E-state index is 10.7. The second kappa shape index (κ2) is 3.51. The molecule has 1 N–H and O–H groups in total. The first-order chi connectivity index (χ1) is 6.65. The molecule has 0 bridgehead atoms. The zero-order valence-corrected chi connectivity index (χ0v) is 8.53. The van der Waals surface area contributed by atoms with Crippen molar-refractivity contribution in [1.29, 1.82) is 0 Å². The van der Waals surface area contributed by atoms with Gasteiger partial charge in [0.2, 0.25) is 0 Å². The lowest BCUT2D eigenvalue weighted by Gasteiger charge is -2.56. The highest BCUT2D eigenvalue weighted by molar-refractivity contribution is 5.72. The van der Waals surface area contributed by atoms with E-state index in [1.54, 1.807) is 0 Å². The number of carbonyl (C=O) groups is 1. The number of hydrogen-bond donors (Lipinski definition) is 1. The molecule has 0 aromatic rings. The average molecular weight is 199 g/mol. The molecule has 1 heterocycles. The van der Waals surface area contributed by atoms with Crippen LogP contribution in [0.1, 0.15) is 19.3 Å². The van der Waals surface area contributed by atoms with Gasteiger partial charge in [0.15, 0.2) is 6.10 Å². The molecule has 80 valence electrons. The summed E-state index contributed by atoms with van der Waals surface area (Å²) in [6.07, 6.45) is 3.34. The predicted molar refractivity (Wildman–Crippen MR) is 51.2 cm³/mol. The van der Waals surface area contributed by atoms with Crippen molar-refractivity contribution in [3.05, 3.63) is 0 Å². The van der Waals surface area contributed by atoms with E-state index in [4.69, 9.17) is 9.84 Å². The number of nitrogens with zero attached hydrogens (tertiary/aromatic N) is 1. The predicted octanol–water partition coefficient (Wildman–Crippen LogP) is 0.572. The number of rotatable bonds is 4. The van der Waals surface area contributed by atoms with Crippen molar-refractivity contribution in [2.75, 3.05) is 26.7 Å². The number of likely N-dealkylation sites (tertiary alicyclic amines) is 1. The fraction of sp³-hybridized carbons (Fsp3) is 0.900. The number of ether oxygens (including phenoxy) is 1. The van der Waals surface area contributed by atoms with E-state index in [1.165, 1.54) is 26.4 Å². The molecule has 1 aliphatic carbocycles. The highest BCUT2D eigenvalue weighted by Gasteiger charge is 2.47. The quantitative estimate of drug-likeness (QED) is 0.719. The standard InChI is InChI=1S/C10H17NO3/c1-14-8(9(12)13)5-11-6-10(7-11)3-2-4-10/h8H,2-7H2,1H3,(H,12,13). The van der Waals surface area contributed by atoms with Gasteiger partial charge in [-0.25, -0.2) is 4.79 Å². The van der Waals surface area contributed by atoms with E-state index in [0.717, 1.165) is 13.1 Å². The zero-order chi connectivity index (χ0) is 10.2. The minimum atomic E-state index is -0.859. The summed E-state index contributed by atoms with van der Waals surface area (Å²) in [5.74, 6) is -0.859. The van der Waals surface area contributed by atoms with Crippen molar-refractivity contribution < 1.29 is 14.6 Å². The molecule has 1 saturated heterocycles. The van der Waals surface area contributed by atoms with Gasteiger partial charge in [-0.1, -0.05) is 6.42 Å². The molecule has 1 aliphatic heterocycles. The van der Waals surface area contributed by atoms with Gasteiger partial charge in [0.05, 0.1) is 0 Å². The van der Waals surface area contributed by atoms with Crippen molar-refractivity contribution in [1.82, 2.24) is 4.90 Å². The van der Waals surface area contributed by atoms with Crippen LogP contribution in [0.5, 0.6) is 0 Å². The Hall–Kier alpha value is -0.610. The van der Waals surface area contributed by atoms with Crippen LogP contribution in [0.25, 0.3) is 0 Å². The minimum Gasteiger partial charge on any atom is -0.479 e. The molecule has 4 heteroatoms. The molecule has 0 aromatic carbocycles. The monoisotopic (exact) mass is 199 g/mol. The summed E-state index contributed by atoms with van der Waals surface area (Å²) in [7, 11) is 1.46. The van der Waals surface area contributed by atoms with Gasteiger partial charge in [-0.05, 0) is 18.3 Å². The van der Waals surface area contributed by atoms with Crippen LogP contribution in [0.15, 0.2) is 0 Å². The first kappa shape index (κ1) is 9.93. The molecule has 0 radical (unpaired) electrons. The van der Waals surface area contributed by atoms with Crippen molar-refractivity contribution in [2.24, 2.45) is 5.41 Å². The smallest absolute Gasteiger partial charge is 0.334 e. The maximum Gasteiger partial charge on any atom is 0.334 e. The Bertz CT molecular complexity index is 230. The lowest BCUT2D eigenvalue weighted by molar-refractivity contribution is -0.153. The molecule has 1 saturated carbocycles. The third-order valence-electron chi connectivity index (χ3n) is 3.52. The Labute approximate surface area is 83.8 Å². The Morgan fingerprint density at radius 1 is 1.57 bits per heavy atom. The van der Waals surface area contributed by atoms with E-state index in [9.17, 15) is 4.79 Å². The molecular formula is C10H17NO3. The molecule has 2 fully saturated rings. The summed E-state index contributed by atoms with van der Waals surface area (Å²) < 4.78 is 4.90. The van der Waals surface area contributed by atoms with Gasteiger partial charge < -0.3 is 9.84 Å². The van der Waals surface area contributed by atoms with Gasteiger partial charge >= 0.3 is 5.97 Å². The summed E-state index contributed by atoms with van der Waals surface area (Å²) in [6.45, 7) is 2.67. The molecule has 2 aliphatic rings. The molecule has 0 amide bonds. The molecule has 4 nitrogen and oxygen atoms in total. The van der Waals surface area contributed by atoms with Gasteiger partial charge in [0, 0.05) is 26.7 Å². The minimum absolute atomic E-state index is 0.535. The summed E-state index contributed by atoms with van der Waals surface area (Å²) in [5.41, 5.74) is 0.566. The second-order valence-electron chi connectivity index (χ2n) is 4.59. The second-order valence-corrected chi connectivity index (χ2v) is 4.59. The Kier molecular flexibility index (Phi) is 2.49. The molecule has 0 aromatic heterocycles. The first-order valence-corrected chi connectivity index (χ1v) is 5.13. The number of methoxy groups -OCH3 is 1. The lowest BCUT2D eigenvalue weighted by atomic mass is 9.63. The highest BCUT2D eigenvalue weighted by Crippen LogP contribution is 2.47. The third-order valence-corrected chi connectivity index (χ3v) is 3.52. The van der Waals surface area contributed by atoms with Crippen molar-refractivity contribution in [2.45, 2.75) is 25.4 Å². The van der Waals surface area contributed by atoms with Crippen LogP contribution in [0.2, 0.25) is 0 Å². The van der Waals surface area contributed by atoms with E-state index >= 15 is 0 Å². The van der Waals surface area contributed by atoms with Crippen LogP contribution in [-0.4, -0.2) is 48.8 Å². The summed E-state index contributed by atoms with van der Waals surface area (Å²) in [5, 5.41) is 8.79. The van der Waals surface area contributed by atoms with E-state index in [1.807, 2.05) is 0 Å². The van der Waals surface area contributed by atoms with Gasteiger partial charge in [-0.15, -0.1) is 0 Å². The lowest BCUT2D eigenvalue weighted by Crippen LogP contribution is -2.61. The van der Waals surface area contributed by atoms with Crippen molar-refractivity contribution in [3.8, 4) is 0 Å². The summed E-state index contributed by atoms with van der Waals surface area (Å²) in [6, 6.07) is 0. The average Bonchev–Trinajstić information content (AvgIpc) is 1.98. The Morgan fingerprint density at radius 2 is 2.21 bits per heavy atom. The molecule has 1 spiro atoms. The molecule has 1 atom stereocenters. The highest BCUT2D eigenvalue weighted by atomic mass is 16.5. The molecule has 1 unspecified atom stereocenters. The van der Waals surface area contributed by atoms with Crippen molar-refractivity contribution >= 4 is 5.97 Å². The third kappa shape index (κ3) is 1.64. The Balaban J connectivity index is 1.74. The van der Waals surface area contributed by atoms with Gasteiger partial charge in [-0.2, -0.15) is 0 Å². The van der Waals surface area contributed by atoms with E-state index in [0.29, 0.717) is 12.0 Å². The summed E-state index contributed by atoms with van der Waals surface area (Å²) in [4.78, 5) is 12.9. The van der Waals surface area contributed by atoms with E-state index < -0.39 is 12.1 Å². The number of carboxylic acid groups (broad SMARTS) is 1. The molecular weight excluding hydrogens is 182 g/mol. The Morgan fingerprint density at radius 3 is 2.57 bits per heavy atom. The number of carboxylic acids is 1. The number of hydrogen-bond acceptors (Lipinski definition) is 3. The van der Waals surface area contributed by atoms with Crippen LogP contribution in [0, 0.1) is 5.41 Å². The maximum absolute atomic E-state index is 10.7. The van der Waals surface area contributed by atoms with E-state index in [-0.39, 0.29) is 0 Å². The van der Waals surface area contributed by atoms with Crippen LogP contribution in [0.4, 0.5) is 0 Å². The van der Waals surface area contributed by atoms with E-state index in [2.05, 4.69) is 4.90 Å². The first-order valence-electron chi connectivity index (χ1n) is 5.13. The van der Waals surface area contributed by atoms with Gasteiger partial charge in [-0.3, -0.25) is 4.90 Å². The summed E-state index contributed by atoms with van der Waals surface area (Å²) >= 11 is 0. The van der Waals surface area contributed by atoms with Gasteiger partial charge in [0.25, 0.3) is 0 Å². The van der Waals surface area contributed by atoms with Crippen LogP contribution in [0.3, 0.4) is 0 Å². The zero-order valence-electron chi connectivity index (χ0n) is 8.53. The van der Waals surface area contributed by atoms with Crippen molar-refractivity contribution in [3.63, 3.8) is 0 Å². The fourth-order valence-electron chi connectivity index (χ4n) is 2.51. The fourth-order valence-corrected chi connectivity index (χ4v) is 2.51. The number of aliphatic carboxylic acids is 1. The largest absolute Gasteiger partial charge is 0.479 e. The molecule has 2 rings (SSSR count). The van der Waals surface area contributed by atoms with Crippen LogP contribution in [-0.2, 0) is 9.53 Å².